The van der Waals surface area contributed by atoms with Gasteiger partial charge in [-0.3, -0.25) is 9.79 Å². The van der Waals surface area contributed by atoms with E-state index in [0.717, 1.165) is 10.5 Å². The monoisotopic (exact) mass is 290 g/mol. The number of nitrogens with zero attached hydrogens (tertiary/aromatic N) is 2. The predicted octanol–water partition coefficient (Wildman–Crippen LogP) is 2.27. The summed E-state index contributed by atoms with van der Waals surface area (Å²) in [6.45, 7) is 2.16. The van der Waals surface area contributed by atoms with Crippen molar-refractivity contribution in [3.8, 4) is 0 Å². The van der Waals surface area contributed by atoms with E-state index in [1.165, 1.54) is 0 Å². The Hall–Kier alpha value is -2.37. The Labute approximate surface area is 122 Å². The van der Waals surface area contributed by atoms with Crippen molar-refractivity contribution in [3.63, 3.8) is 0 Å². The van der Waals surface area contributed by atoms with Crippen LogP contribution in [0.15, 0.2) is 35.3 Å². The summed E-state index contributed by atoms with van der Waals surface area (Å²) in [4.78, 5) is 28.0. The molecule has 1 aliphatic heterocycles. The number of amides is 1. The highest BCUT2D eigenvalue weighted by molar-refractivity contribution is 6.03. The number of carbonyl (C=O) groups is 2. The fourth-order valence-corrected chi connectivity index (χ4v) is 2.44. The van der Waals surface area contributed by atoms with Crippen LogP contribution in [-0.4, -0.2) is 46.0 Å². The molecule has 1 aromatic carbocycles. The summed E-state index contributed by atoms with van der Waals surface area (Å²) in [5.74, 6) is -1.89. The summed E-state index contributed by atoms with van der Waals surface area (Å²) in [5, 5.41) is 18.3. The molecular weight excluding hydrogens is 272 g/mol. The van der Waals surface area contributed by atoms with Gasteiger partial charge in [0.25, 0.3) is 0 Å². The van der Waals surface area contributed by atoms with Gasteiger partial charge in [-0.1, -0.05) is 30.3 Å². The Morgan fingerprint density at radius 3 is 2.52 bits per heavy atom. The van der Waals surface area contributed by atoms with Crippen molar-refractivity contribution in [1.82, 2.24) is 4.90 Å². The molecule has 1 fully saturated rings. The zero-order valence-electron chi connectivity index (χ0n) is 11.8. The largest absolute Gasteiger partial charge is 0.481 e. The van der Waals surface area contributed by atoms with Gasteiger partial charge in [0.05, 0.1) is 6.04 Å². The zero-order valence-corrected chi connectivity index (χ0v) is 11.8. The van der Waals surface area contributed by atoms with Crippen LogP contribution in [0.1, 0.15) is 24.9 Å². The first kappa shape index (κ1) is 15.0. The molecule has 0 spiro atoms. The van der Waals surface area contributed by atoms with E-state index in [2.05, 4.69) is 4.99 Å². The number of hydrogen-bond donors (Lipinski definition) is 2. The Kier molecular flexibility index (Phi) is 4.57. The molecule has 0 bridgehead atoms. The van der Waals surface area contributed by atoms with Crippen LogP contribution in [0.5, 0.6) is 0 Å². The molecule has 21 heavy (non-hydrogen) atoms. The summed E-state index contributed by atoms with van der Waals surface area (Å²) < 4.78 is 0. The fraction of sp³-hybridized carbons (Fsp3) is 0.400. The van der Waals surface area contributed by atoms with Crippen LogP contribution in [0.3, 0.4) is 0 Å². The number of piperidine rings is 1. The van der Waals surface area contributed by atoms with Crippen molar-refractivity contribution < 1.29 is 19.8 Å². The second kappa shape index (κ2) is 6.39. The third kappa shape index (κ3) is 3.59. The number of rotatable bonds is 3. The highest BCUT2D eigenvalue weighted by Gasteiger charge is 2.33. The Morgan fingerprint density at radius 1 is 1.29 bits per heavy atom. The lowest BCUT2D eigenvalue weighted by Crippen LogP contribution is -2.46. The van der Waals surface area contributed by atoms with Crippen LogP contribution in [0, 0.1) is 5.92 Å². The molecule has 112 valence electrons. The number of aliphatic carboxylic acids is 1. The van der Waals surface area contributed by atoms with Gasteiger partial charge < -0.3 is 15.1 Å². The average molecular weight is 290 g/mol. The molecule has 0 saturated carbocycles. The molecule has 2 atom stereocenters. The van der Waals surface area contributed by atoms with Gasteiger partial charge in [0, 0.05) is 25.2 Å². The molecule has 1 aliphatic rings. The normalized spacial score (nSPS) is 22.0. The van der Waals surface area contributed by atoms with E-state index < -0.39 is 18.0 Å². The first-order valence-corrected chi connectivity index (χ1v) is 6.81. The quantitative estimate of drug-likeness (QED) is 0.893. The highest BCUT2D eigenvalue weighted by Crippen LogP contribution is 2.22. The molecule has 1 unspecified atom stereocenters. The van der Waals surface area contributed by atoms with E-state index >= 15 is 0 Å². The smallest absolute Gasteiger partial charge is 0.407 e. The Morgan fingerprint density at radius 2 is 1.95 bits per heavy atom. The van der Waals surface area contributed by atoms with E-state index in [1.807, 2.05) is 37.3 Å². The minimum Gasteiger partial charge on any atom is -0.481 e. The summed E-state index contributed by atoms with van der Waals surface area (Å²) in [6, 6.07) is 9.48. The van der Waals surface area contributed by atoms with E-state index in [1.54, 1.807) is 0 Å². The first-order valence-electron chi connectivity index (χ1n) is 6.81. The predicted molar refractivity (Wildman–Crippen MR) is 77.6 cm³/mol. The maximum absolute atomic E-state index is 11.4. The van der Waals surface area contributed by atoms with Gasteiger partial charge >= 0.3 is 12.1 Å². The van der Waals surface area contributed by atoms with Gasteiger partial charge in [0.1, 0.15) is 5.92 Å². The molecule has 6 nitrogen and oxygen atoms in total. The van der Waals surface area contributed by atoms with Gasteiger partial charge in [0.15, 0.2) is 0 Å². The van der Waals surface area contributed by atoms with Gasteiger partial charge in [-0.2, -0.15) is 0 Å². The summed E-state index contributed by atoms with van der Waals surface area (Å²) in [5.41, 5.74) is 1.58. The third-order valence-electron chi connectivity index (χ3n) is 3.65. The molecule has 0 aromatic heterocycles. The second-order valence-electron chi connectivity index (χ2n) is 5.08. The standard InChI is InChI=1S/C15H18N2O4/c1-10(11-5-3-2-4-6-11)16-13-7-8-17(15(20)21)9-12(13)14(18)19/h2-6,10,12H,7-9H2,1H3,(H,18,19)(H,20,21)/t10-,12?/m1/s1. The van der Waals surface area contributed by atoms with Crippen LogP contribution >= 0.6 is 0 Å². The molecule has 0 aliphatic carbocycles. The molecular formula is C15H18N2O4. The zero-order chi connectivity index (χ0) is 15.4. The molecule has 1 saturated heterocycles. The van der Waals surface area contributed by atoms with E-state index in [9.17, 15) is 14.7 Å². The van der Waals surface area contributed by atoms with Gasteiger partial charge in [-0.15, -0.1) is 0 Å². The van der Waals surface area contributed by atoms with Crippen molar-refractivity contribution in [3.05, 3.63) is 35.9 Å². The average Bonchev–Trinajstić information content (AvgIpc) is 2.48. The van der Waals surface area contributed by atoms with Crippen molar-refractivity contribution in [2.75, 3.05) is 13.1 Å². The highest BCUT2D eigenvalue weighted by atomic mass is 16.4. The maximum atomic E-state index is 11.4. The number of carboxylic acids is 1. The van der Waals surface area contributed by atoms with Crippen LogP contribution in [0.25, 0.3) is 0 Å². The second-order valence-corrected chi connectivity index (χ2v) is 5.08. The number of hydrogen-bond acceptors (Lipinski definition) is 3. The number of aliphatic imine (C=N–C) groups is 1. The lowest BCUT2D eigenvalue weighted by atomic mass is 9.95. The van der Waals surface area contributed by atoms with Crippen LogP contribution in [0.2, 0.25) is 0 Å². The van der Waals surface area contributed by atoms with Gasteiger partial charge in [0.2, 0.25) is 0 Å². The summed E-state index contributed by atoms with van der Waals surface area (Å²) >= 11 is 0. The van der Waals surface area contributed by atoms with Crippen molar-refractivity contribution in [2.45, 2.75) is 19.4 Å². The molecule has 0 radical (unpaired) electrons. The van der Waals surface area contributed by atoms with E-state index in [4.69, 9.17) is 5.11 Å². The SMILES string of the molecule is C[C@@H](N=C1CCN(C(=O)O)CC1C(=O)O)c1ccccc1. The molecule has 2 rings (SSSR count). The Balaban J connectivity index is 2.19. The van der Waals surface area contributed by atoms with Crippen LogP contribution in [-0.2, 0) is 4.79 Å². The van der Waals surface area contributed by atoms with Gasteiger partial charge in [-0.25, -0.2) is 4.79 Å². The maximum Gasteiger partial charge on any atom is 0.407 e. The number of likely N-dealkylation sites (tertiary alicyclic amines) is 1. The Bertz CT molecular complexity index is 556. The minimum absolute atomic E-state index is 0.0367. The third-order valence-corrected chi connectivity index (χ3v) is 3.65. The molecule has 6 heteroatoms. The van der Waals surface area contributed by atoms with E-state index in [-0.39, 0.29) is 12.6 Å². The lowest BCUT2D eigenvalue weighted by molar-refractivity contribution is -0.140. The lowest BCUT2D eigenvalue weighted by Gasteiger charge is -2.30. The summed E-state index contributed by atoms with van der Waals surface area (Å²) in [6.07, 6.45) is -0.725. The van der Waals surface area contributed by atoms with Gasteiger partial charge in [-0.05, 0) is 12.5 Å². The van der Waals surface area contributed by atoms with E-state index in [0.29, 0.717) is 18.7 Å². The topological polar surface area (TPSA) is 90.2 Å². The van der Waals surface area contributed by atoms with Crippen LogP contribution in [0.4, 0.5) is 4.79 Å². The molecule has 1 heterocycles. The molecule has 1 amide bonds. The first-order chi connectivity index (χ1) is 9.99. The minimum atomic E-state index is -1.09. The van der Waals surface area contributed by atoms with Crippen LogP contribution < -0.4 is 0 Å². The van der Waals surface area contributed by atoms with Crippen molar-refractivity contribution >= 4 is 17.8 Å². The number of benzene rings is 1. The summed E-state index contributed by atoms with van der Waals surface area (Å²) in [7, 11) is 0. The molecule has 2 N–H and O–H groups in total. The molecule has 1 aromatic rings. The number of carboxylic acid groups (broad SMARTS) is 2. The van der Waals surface area contributed by atoms with Crippen molar-refractivity contribution in [2.24, 2.45) is 10.9 Å². The van der Waals surface area contributed by atoms with Crippen molar-refractivity contribution in [1.29, 1.82) is 0 Å². The fourth-order valence-electron chi connectivity index (χ4n) is 2.44.